The summed E-state index contributed by atoms with van der Waals surface area (Å²) in [4.78, 5) is 16.2. The van der Waals surface area contributed by atoms with Crippen molar-refractivity contribution < 1.29 is 14.6 Å². The number of carboxylic acids is 1. The van der Waals surface area contributed by atoms with E-state index in [4.69, 9.17) is 4.74 Å². The molecule has 2 heterocycles. The van der Waals surface area contributed by atoms with Crippen LogP contribution in [0, 0.1) is 0 Å². The number of ether oxygens (including phenoxy) is 1. The van der Waals surface area contributed by atoms with Crippen LogP contribution in [0.25, 0.3) is 0 Å². The Balaban J connectivity index is 1.77. The first-order chi connectivity index (χ1) is 11.1. The third-order valence-electron chi connectivity index (χ3n) is 5.19. The third-order valence-corrected chi connectivity index (χ3v) is 5.19. The lowest BCUT2D eigenvalue weighted by Crippen LogP contribution is -2.59. The maximum atomic E-state index is 11.8. The van der Waals surface area contributed by atoms with E-state index >= 15 is 0 Å². The predicted octanol–water partition coefficient (Wildman–Crippen LogP) is 2.00. The molecule has 0 amide bonds. The molecule has 0 bridgehead atoms. The van der Waals surface area contributed by atoms with E-state index in [2.05, 4.69) is 28.9 Å². The van der Waals surface area contributed by atoms with Gasteiger partial charge >= 0.3 is 5.97 Å². The molecule has 0 radical (unpaired) electrons. The van der Waals surface area contributed by atoms with Crippen LogP contribution in [-0.2, 0) is 9.53 Å². The lowest BCUT2D eigenvalue weighted by atomic mass is 10.00. The Hall–Kier alpha value is -1.43. The van der Waals surface area contributed by atoms with Gasteiger partial charge in [-0.05, 0) is 25.8 Å². The molecule has 1 aromatic rings. The maximum Gasteiger partial charge on any atom is 0.322 e. The fraction of sp³-hybridized carbons (Fsp3) is 0.611. The van der Waals surface area contributed by atoms with E-state index in [-0.39, 0.29) is 12.1 Å². The highest BCUT2D eigenvalue weighted by molar-refractivity contribution is 5.74. The molecule has 2 aliphatic heterocycles. The number of piperazine rings is 1. The average molecular weight is 318 g/mol. The second kappa shape index (κ2) is 6.99. The maximum absolute atomic E-state index is 11.8. The van der Waals surface area contributed by atoms with Gasteiger partial charge in [0.05, 0.1) is 6.10 Å². The van der Waals surface area contributed by atoms with Gasteiger partial charge in [-0.2, -0.15) is 0 Å². The van der Waals surface area contributed by atoms with Crippen LogP contribution in [0.5, 0.6) is 0 Å². The van der Waals surface area contributed by atoms with Crippen LogP contribution in [0.3, 0.4) is 0 Å². The minimum absolute atomic E-state index is 0.102. The van der Waals surface area contributed by atoms with Crippen LogP contribution in [-0.4, -0.2) is 65.3 Å². The topological polar surface area (TPSA) is 53.0 Å². The second-order valence-electron chi connectivity index (χ2n) is 6.56. The van der Waals surface area contributed by atoms with Gasteiger partial charge in [0, 0.05) is 38.3 Å². The van der Waals surface area contributed by atoms with Crippen molar-refractivity contribution in [2.45, 2.75) is 44.5 Å². The van der Waals surface area contributed by atoms with E-state index in [1.807, 2.05) is 25.1 Å². The number of carboxylic acid groups (broad SMARTS) is 1. The van der Waals surface area contributed by atoms with Crippen molar-refractivity contribution in [3.8, 4) is 0 Å². The summed E-state index contributed by atoms with van der Waals surface area (Å²) in [5.41, 5.74) is 1.17. The van der Waals surface area contributed by atoms with Crippen molar-refractivity contribution in [1.29, 1.82) is 0 Å². The van der Waals surface area contributed by atoms with Gasteiger partial charge in [-0.3, -0.25) is 14.6 Å². The summed E-state index contributed by atoms with van der Waals surface area (Å²) in [7, 11) is 0. The minimum Gasteiger partial charge on any atom is -0.480 e. The number of benzene rings is 1. The van der Waals surface area contributed by atoms with Crippen LogP contribution >= 0.6 is 0 Å². The summed E-state index contributed by atoms with van der Waals surface area (Å²) in [5.74, 6) is -0.730. The molecule has 2 aliphatic rings. The van der Waals surface area contributed by atoms with Gasteiger partial charge in [-0.15, -0.1) is 0 Å². The molecular weight excluding hydrogens is 292 g/mol. The SMILES string of the molecule is CCO[C@@H]1C[C@H]2CN(C(C)c3ccccc3)[C@H](C(=O)O)CN2C1. The summed E-state index contributed by atoms with van der Waals surface area (Å²) in [6.45, 7) is 7.07. The zero-order valence-electron chi connectivity index (χ0n) is 13.9. The molecule has 4 atom stereocenters. The number of carbonyl (C=O) groups is 1. The molecule has 5 nitrogen and oxygen atoms in total. The molecular formula is C18H26N2O3. The quantitative estimate of drug-likeness (QED) is 0.900. The highest BCUT2D eigenvalue weighted by atomic mass is 16.5. The van der Waals surface area contributed by atoms with Crippen LogP contribution in [0.15, 0.2) is 30.3 Å². The largest absolute Gasteiger partial charge is 0.480 e. The fourth-order valence-corrected chi connectivity index (χ4v) is 3.98. The summed E-state index contributed by atoms with van der Waals surface area (Å²) >= 11 is 0. The lowest BCUT2D eigenvalue weighted by molar-refractivity contribution is -0.148. The van der Waals surface area contributed by atoms with Crippen molar-refractivity contribution in [3.05, 3.63) is 35.9 Å². The molecule has 0 saturated carbocycles. The Morgan fingerprint density at radius 3 is 2.70 bits per heavy atom. The van der Waals surface area contributed by atoms with Gasteiger partial charge in [0.15, 0.2) is 0 Å². The number of nitrogens with zero attached hydrogens (tertiary/aromatic N) is 2. The first-order valence-corrected chi connectivity index (χ1v) is 8.49. The van der Waals surface area contributed by atoms with Crippen molar-refractivity contribution >= 4 is 5.97 Å². The van der Waals surface area contributed by atoms with Crippen LogP contribution in [0.2, 0.25) is 0 Å². The molecule has 3 rings (SSSR count). The highest BCUT2D eigenvalue weighted by Crippen LogP contribution is 2.32. The van der Waals surface area contributed by atoms with Crippen molar-refractivity contribution in [2.75, 3.05) is 26.2 Å². The van der Waals surface area contributed by atoms with Gasteiger partial charge < -0.3 is 9.84 Å². The number of fused-ring (bicyclic) bond motifs is 1. The molecule has 0 spiro atoms. The zero-order chi connectivity index (χ0) is 16.4. The first-order valence-electron chi connectivity index (χ1n) is 8.49. The second-order valence-corrected chi connectivity index (χ2v) is 6.56. The van der Waals surface area contributed by atoms with E-state index in [9.17, 15) is 9.90 Å². The van der Waals surface area contributed by atoms with Gasteiger partial charge in [0.1, 0.15) is 6.04 Å². The molecule has 5 heteroatoms. The number of rotatable bonds is 5. The average Bonchev–Trinajstić information content (AvgIpc) is 2.95. The van der Waals surface area contributed by atoms with Crippen molar-refractivity contribution in [3.63, 3.8) is 0 Å². The summed E-state index contributed by atoms with van der Waals surface area (Å²) in [5, 5.41) is 9.69. The molecule has 0 aliphatic carbocycles. The molecule has 0 aromatic heterocycles. The zero-order valence-corrected chi connectivity index (χ0v) is 13.9. The van der Waals surface area contributed by atoms with Crippen molar-refractivity contribution in [1.82, 2.24) is 9.80 Å². The summed E-state index contributed by atoms with van der Waals surface area (Å²) in [6.07, 6.45) is 1.24. The van der Waals surface area contributed by atoms with Crippen LogP contribution in [0.1, 0.15) is 31.9 Å². The molecule has 126 valence electrons. The molecule has 2 fully saturated rings. The Labute approximate surface area is 137 Å². The number of hydrogen-bond acceptors (Lipinski definition) is 4. The summed E-state index contributed by atoms with van der Waals surface area (Å²) < 4.78 is 5.76. The Kier molecular flexibility index (Phi) is 4.99. The normalized spacial score (nSPS) is 30.1. The van der Waals surface area contributed by atoms with Crippen LogP contribution < -0.4 is 0 Å². The highest BCUT2D eigenvalue weighted by Gasteiger charge is 2.44. The first kappa shape index (κ1) is 16.4. The molecule has 2 saturated heterocycles. The van der Waals surface area contributed by atoms with Crippen LogP contribution in [0.4, 0.5) is 0 Å². The number of hydrogen-bond donors (Lipinski definition) is 1. The van der Waals surface area contributed by atoms with E-state index < -0.39 is 12.0 Å². The molecule has 1 N–H and O–H groups in total. The summed E-state index contributed by atoms with van der Waals surface area (Å²) in [6, 6.07) is 10.2. The van der Waals surface area contributed by atoms with E-state index in [0.717, 1.165) is 26.1 Å². The monoisotopic (exact) mass is 318 g/mol. The van der Waals surface area contributed by atoms with Crippen molar-refractivity contribution in [2.24, 2.45) is 0 Å². The van der Waals surface area contributed by atoms with E-state index in [1.54, 1.807) is 0 Å². The molecule has 23 heavy (non-hydrogen) atoms. The molecule has 1 aromatic carbocycles. The smallest absolute Gasteiger partial charge is 0.322 e. The van der Waals surface area contributed by atoms with Gasteiger partial charge in [0.2, 0.25) is 0 Å². The Morgan fingerprint density at radius 1 is 1.30 bits per heavy atom. The number of aliphatic carboxylic acids is 1. The Morgan fingerprint density at radius 2 is 2.04 bits per heavy atom. The van der Waals surface area contributed by atoms with Gasteiger partial charge in [0.25, 0.3) is 0 Å². The van der Waals surface area contributed by atoms with E-state index in [0.29, 0.717) is 12.6 Å². The third kappa shape index (κ3) is 3.42. The standard InChI is InChI=1S/C18H26N2O3/c1-3-23-16-9-15-10-20(13(2)14-7-5-4-6-8-14)17(18(21)22)12-19(15)11-16/h4-8,13,15-17H,3,9-12H2,1-2H3,(H,21,22)/t13?,15-,16+,17-/m0/s1. The lowest BCUT2D eigenvalue weighted by Gasteiger charge is -2.44. The van der Waals surface area contributed by atoms with Gasteiger partial charge in [-0.25, -0.2) is 0 Å². The van der Waals surface area contributed by atoms with Gasteiger partial charge in [-0.1, -0.05) is 30.3 Å². The fourth-order valence-electron chi connectivity index (χ4n) is 3.98. The molecule has 1 unspecified atom stereocenters. The predicted molar refractivity (Wildman–Crippen MR) is 88.4 cm³/mol. The van der Waals surface area contributed by atoms with E-state index in [1.165, 1.54) is 5.56 Å². The Bertz CT molecular complexity index is 536. The minimum atomic E-state index is -0.730.